The van der Waals surface area contributed by atoms with Gasteiger partial charge in [0.05, 0.1) is 30.5 Å². The highest BCUT2D eigenvalue weighted by molar-refractivity contribution is 5.95. The topological polar surface area (TPSA) is 73.7 Å². The van der Waals surface area contributed by atoms with Gasteiger partial charge in [-0.05, 0) is 12.5 Å². The molecule has 1 aromatic rings. The van der Waals surface area contributed by atoms with E-state index in [0.717, 1.165) is 6.42 Å². The highest BCUT2D eigenvalue weighted by atomic mass is 16.3. The van der Waals surface area contributed by atoms with Crippen LogP contribution in [0, 0.1) is 0 Å². The number of pyridine rings is 1. The third-order valence-corrected chi connectivity index (χ3v) is 2.94. The first-order chi connectivity index (χ1) is 8.04. The van der Waals surface area contributed by atoms with Crippen LogP contribution >= 0.6 is 0 Å². The zero-order chi connectivity index (χ0) is 12.5. The average Bonchev–Trinajstić information content (AvgIpc) is 2.25. The lowest BCUT2D eigenvalue weighted by atomic mass is 9.89. The van der Waals surface area contributed by atoms with Crippen molar-refractivity contribution in [2.45, 2.75) is 25.4 Å². The van der Waals surface area contributed by atoms with Crippen molar-refractivity contribution in [3.63, 3.8) is 0 Å². The minimum absolute atomic E-state index is 0.0276. The Morgan fingerprint density at radius 2 is 2.24 bits per heavy atom. The summed E-state index contributed by atoms with van der Waals surface area (Å²) in [5.74, 6) is -0.227. The summed E-state index contributed by atoms with van der Waals surface area (Å²) in [7, 11) is 0. The lowest BCUT2D eigenvalue weighted by molar-refractivity contribution is -0.0860. The first kappa shape index (κ1) is 11.9. The summed E-state index contributed by atoms with van der Waals surface area (Å²) >= 11 is 0. The number of β-amino-alcohol motifs (C(OH)–C–C–N with tert-alkyl or cyclic N) is 1. The first-order valence-electron chi connectivity index (χ1n) is 5.70. The van der Waals surface area contributed by atoms with Crippen LogP contribution < -0.4 is 0 Å². The van der Waals surface area contributed by atoms with E-state index in [4.69, 9.17) is 0 Å². The Hall–Kier alpha value is -1.62. The molecule has 1 amide bonds. The highest BCUT2D eigenvalue weighted by Crippen LogP contribution is 2.27. The molecule has 1 saturated heterocycles. The van der Waals surface area contributed by atoms with Crippen LogP contribution in [0.2, 0.25) is 0 Å². The van der Waals surface area contributed by atoms with Crippen molar-refractivity contribution < 1.29 is 15.0 Å². The van der Waals surface area contributed by atoms with Gasteiger partial charge in [-0.1, -0.05) is 13.3 Å². The van der Waals surface area contributed by atoms with Gasteiger partial charge in [-0.3, -0.25) is 9.78 Å². The molecule has 0 spiro atoms. The minimum Gasteiger partial charge on any atom is -0.506 e. The maximum atomic E-state index is 11.9. The van der Waals surface area contributed by atoms with E-state index in [9.17, 15) is 15.0 Å². The molecule has 0 radical (unpaired) electrons. The Morgan fingerprint density at radius 3 is 2.82 bits per heavy atom. The van der Waals surface area contributed by atoms with Crippen LogP contribution in [0.3, 0.4) is 0 Å². The summed E-state index contributed by atoms with van der Waals surface area (Å²) in [6.45, 7) is 2.71. The molecule has 1 aliphatic heterocycles. The number of likely N-dealkylation sites (tertiary alicyclic amines) is 1. The largest absolute Gasteiger partial charge is 0.506 e. The molecular formula is C12H16N2O3. The predicted octanol–water partition coefficient (Wildman–Crippen LogP) is 0.774. The maximum Gasteiger partial charge on any atom is 0.255 e. The van der Waals surface area contributed by atoms with Crippen LogP contribution in [0.5, 0.6) is 5.75 Å². The van der Waals surface area contributed by atoms with Gasteiger partial charge in [0.15, 0.2) is 0 Å². The number of amides is 1. The first-order valence-corrected chi connectivity index (χ1v) is 5.70. The highest BCUT2D eigenvalue weighted by Gasteiger charge is 2.42. The van der Waals surface area contributed by atoms with Crippen molar-refractivity contribution in [3.05, 3.63) is 24.0 Å². The molecule has 92 valence electrons. The van der Waals surface area contributed by atoms with Crippen molar-refractivity contribution in [3.8, 4) is 5.75 Å². The number of carbonyl (C=O) groups excluding carboxylic acids is 1. The SMILES string of the molecule is CCCC1(O)CN(C(=O)c2cncc(O)c2)C1. The van der Waals surface area contributed by atoms with Gasteiger partial charge in [-0.15, -0.1) is 0 Å². The number of hydrogen-bond donors (Lipinski definition) is 2. The van der Waals surface area contributed by atoms with Gasteiger partial charge in [-0.25, -0.2) is 0 Å². The second-order valence-electron chi connectivity index (χ2n) is 4.57. The van der Waals surface area contributed by atoms with Crippen molar-refractivity contribution >= 4 is 5.91 Å². The van der Waals surface area contributed by atoms with E-state index < -0.39 is 5.60 Å². The quantitative estimate of drug-likeness (QED) is 0.813. The van der Waals surface area contributed by atoms with Crippen LogP contribution in [-0.4, -0.2) is 44.7 Å². The average molecular weight is 236 g/mol. The van der Waals surface area contributed by atoms with Crippen molar-refractivity contribution in [2.24, 2.45) is 0 Å². The Balaban J connectivity index is 2.00. The van der Waals surface area contributed by atoms with Crippen LogP contribution in [0.4, 0.5) is 0 Å². The maximum absolute atomic E-state index is 11.9. The summed E-state index contributed by atoms with van der Waals surface area (Å²) in [5, 5.41) is 19.2. The molecule has 0 aliphatic carbocycles. The van der Waals surface area contributed by atoms with E-state index in [-0.39, 0.29) is 11.7 Å². The van der Waals surface area contributed by atoms with Gasteiger partial charge < -0.3 is 15.1 Å². The van der Waals surface area contributed by atoms with E-state index in [2.05, 4.69) is 4.98 Å². The van der Waals surface area contributed by atoms with E-state index >= 15 is 0 Å². The molecule has 5 heteroatoms. The summed E-state index contributed by atoms with van der Waals surface area (Å²) in [6, 6.07) is 1.38. The molecule has 5 nitrogen and oxygen atoms in total. The molecule has 2 rings (SSSR count). The lowest BCUT2D eigenvalue weighted by Crippen LogP contribution is -2.63. The molecule has 0 bridgehead atoms. The monoisotopic (exact) mass is 236 g/mol. The second-order valence-corrected chi connectivity index (χ2v) is 4.57. The van der Waals surface area contributed by atoms with E-state index in [0.29, 0.717) is 25.1 Å². The smallest absolute Gasteiger partial charge is 0.255 e. The fraction of sp³-hybridized carbons (Fsp3) is 0.500. The van der Waals surface area contributed by atoms with E-state index in [1.54, 1.807) is 4.90 Å². The predicted molar refractivity (Wildman–Crippen MR) is 61.7 cm³/mol. The van der Waals surface area contributed by atoms with Crippen molar-refractivity contribution in [1.82, 2.24) is 9.88 Å². The number of aromatic hydroxyl groups is 1. The molecule has 0 atom stereocenters. The number of hydrogen-bond acceptors (Lipinski definition) is 4. The number of aliphatic hydroxyl groups is 1. The fourth-order valence-corrected chi connectivity index (χ4v) is 2.16. The molecule has 1 aliphatic rings. The molecular weight excluding hydrogens is 220 g/mol. The summed E-state index contributed by atoms with van der Waals surface area (Å²) in [6.07, 6.45) is 4.29. The molecule has 0 unspecified atom stereocenters. The molecule has 0 aromatic carbocycles. The number of nitrogens with zero attached hydrogens (tertiary/aromatic N) is 2. The number of carbonyl (C=O) groups is 1. The standard InChI is InChI=1S/C12H16N2O3/c1-2-3-12(17)7-14(8-12)11(16)9-4-10(15)6-13-5-9/h4-6,15,17H,2-3,7-8H2,1H3. The third kappa shape index (κ3) is 2.39. The zero-order valence-electron chi connectivity index (χ0n) is 9.76. The number of rotatable bonds is 3. The Morgan fingerprint density at radius 1 is 1.53 bits per heavy atom. The summed E-state index contributed by atoms with van der Waals surface area (Å²) < 4.78 is 0. The van der Waals surface area contributed by atoms with Gasteiger partial charge >= 0.3 is 0 Å². The van der Waals surface area contributed by atoms with Gasteiger partial charge in [0, 0.05) is 6.20 Å². The van der Waals surface area contributed by atoms with Crippen LogP contribution in [-0.2, 0) is 0 Å². The summed E-state index contributed by atoms with van der Waals surface area (Å²) in [4.78, 5) is 17.3. The molecule has 2 heterocycles. The Bertz CT molecular complexity index is 428. The van der Waals surface area contributed by atoms with Gasteiger partial charge in [0.25, 0.3) is 5.91 Å². The van der Waals surface area contributed by atoms with Gasteiger partial charge in [-0.2, -0.15) is 0 Å². The zero-order valence-corrected chi connectivity index (χ0v) is 9.76. The molecule has 17 heavy (non-hydrogen) atoms. The van der Waals surface area contributed by atoms with Gasteiger partial charge in [0.1, 0.15) is 5.75 Å². The Kier molecular flexibility index (Phi) is 3.02. The number of aromatic nitrogens is 1. The van der Waals surface area contributed by atoms with Crippen LogP contribution in [0.1, 0.15) is 30.1 Å². The fourth-order valence-electron chi connectivity index (χ4n) is 2.16. The molecule has 1 fully saturated rings. The Labute approximate surface area is 99.7 Å². The molecule has 1 aromatic heterocycles. The van der Waals surface area contributed by atoms with Crippen molar-refractivity contribution in [1.29, 1.82) is 0 Å². The lowest BCUT2D eigenvalue weighted by Gasteiger charge is -2.46. The third-order valence-electron chi connectivity index (χ3n) is 2.94. The molecule has 2 N–H and O–H groups in total. The van der Waals surface area contributed by atoms with E-state index in [1.807, 2.05) is 6.92 Å². The van der Waals surface area contributed by atoms with Crippen LogP contribution in [0.15, 0.2) is 18.5 Å². The summed E-state index contributed by atoms with van der Waals surface area (Å²) in [5.41, 5.74) is -0.377. The van der Waals surface area contributed by atoms with Crippen LogP contribution in [0.25, 0.3) is 0 Å². The van der Waals surface area contributed by atoms with E-state index in [1.165, 1.54) is 18.5 Å². The molecule has 0 saturated carbocycles. The van der Waals surface area contributed by atoms with Crippen molar-refractivity contribution in [2.75, 3.05) is 13.1 Å². The minimum atomic E-state index is -0.728. The second kappa shape index (κ2) is 4.33. The normalized spacial score (nSPS) is 17.6. The van der Waals surface area contributed by atoms with Gasteiger partial charge in [0.2, 0.25) is 0 Å².